The molecule has 0 saturated carbocycles. The van der Waals surface area contributed by atoms with Crippen LogP contribution in [-0.2, 0) is 47.2 Å². The van der Waals surface area contributed by atoms with E-state index in [2.05, 4.69) is 53.1 Å². The Hall–Kier alpha value is -4.34. The van der Waals surface area contributed by atoms with E-state index in [1.54, 1.807) is 33.8 Å². The third kappa shape index (κ3) is 13.9. The van der Waals surface area contributed by atoms with Crippen LogP contribution < -0.4 is 5.56 Å². The minimum atomic E-state index is -3.67. The predicted octanol–water partition coefficient (Wildman–Crippen LogP) is 6.19. The second kappa shape index (κ2) is 19.7. The third-order valence-electron chi connectivity index (χ3n) is 8.21. The van der Waals surface area contributed by atoms with E-state index in [0.29, 0.717) is 47.3 Å². The number of carbonyl (C=O) groups excluding carboxylic acids is 1. The lowest BCUT2D eigenvalue weighted by Gasteiger charge is -2.27. The van der Waals surface area contributed by atoms with Gasteiger partial charge in [-0.15, -0.1) is 0 Å². The Labute approximate surface area is 319 Å². The summed E-state index contributed by atoms with van der Waals surface area (Å²) < 4.78 is 42.8. The zero-order chi connectivity index (χ0) is 38.5. The molecule has 0 radical (unpaired) electrons. The van der Waals surface area contributed by atoms with Crippen LogP contribution in [0.15, 0.2) is 101 Å². The number of hydrogen-bond acceptors (Lipinski definition) is 8. The maximum atomic E-state index is 14.2. The molecule has 5 aromatic rings. The van der Waals surface area contributed by atoms with Crippen molar-refractivity contribution < 1.29 is 22.2 Å². The molecule has 2 aromatic heterocycles. The average molecular weight is 783 g/mol. The Morgan fingerprint density at radius 3 is 2.06 bits per heavy atom. The number of halogens is 2. The maximum Gasteiger partial charge on any atom is 0.277 e. The number of amides is 1. The number of aromatic nitrogens is 4. The molecule has 282 valence electrons. The molecule has 11 nitrogen and oxygen atoms in total. The summed E-state index contributed by atoms with van der Waals surface area (Å²) in [5.41, 5.74) is 5.05. The van der Waals surface area contributed by atoms with E-state index in [4.69, 9.17) is 16.2 Å². The van der Waals surface area contributed by atoms with Gasteiger partial charge < -0.3 is 14.4 Å². The van der Waals surface area contributed by atoms with Crippen LogP contribution in [0.25, 0.3) is 11.1 Å². The SMILES string of the molecule is CCN(CC)CCN(Cc1ccc(-c2ccc(Cl)cc2)cc1)C(=O)Cn1cc(Cc2cnn(C)c2)c(=O)nc1SCc1ccc(F)cc1.CS(=O)(=O)O. The second-order valence-electron chi connectivity index (χ2n) is 12.4. The van der Waals surface area contributed by atoms with E-state index in [9.17, 15) is 22.4 Å². The largest absolute Gasteiger partial charge is 0.336 e. The van der Waals surface area contributed by atoms with Gasteiger partial charge in [-0.1, -0.05) is 85.7 Å². The standard InChI is InChI=1S/C37H40ClFN6O2S.CH4O3S/c1-4-43(5-2)18-19-44(23-27-6-10-30(11-7-27)31-12-14-33(38)15-13-31)35(46)25-45-24-32(20-29-21-40-42(3)22-29)36(47)41-37(45)48-26-28-8-16-34(39)17-9-28;1-5(2,3)4/h6-17,21-22,24H,4-5,18-20,23,25-26H2,1-3H3;1H3,(H,2,3,4). The fourth-order valence-electron chi connectivity index (χ4n) is 5.39. The number of carbonyl (C=O) groups is 1. The molecular weight excluding hydrogens is 739 g/mol. The van der Waals surface area contributed by atoms with Gasteiger partial charge in [0.2, 0.25) is 5.91 Å². The molecule has 2 heterocycles. The molecule has 0 spiro atoms. The highest BCUT2D eigenvalue weighted by Crippen LogP contribution is 2.24. The van der Waals surface area contributed by atoms with Crippen molar-refractivity contribution in [3.8, 4) is 11.1 Å². The number of hydrogen-bond donors (Lipinski definition) is 1. The van der Waals surface area contributed by atoms with E-state index in [1.807, 2.05) is 42.4 Å². The van der Waals surface area contributed by atoms with Gasteiger partial charge in [-0.05, 0) is 65.2 Å². The molecule has 1 N–H and O–H groups in total. The summed E-state index contributed by atoms with van der Waals surface area (Å²) in [5, 5.41) is 5.35. The van der Waals surface area contributed by atoms with Crippen LogP contribution in [0.1, 0.15) is 36.1 Å². The van der Waals surface area contributed by atoms with Gasteiger partial charge in [0.1, 0.15) is 12.4 Å². The Kier molecular flexibility index (Phi) is 15.4. The number of rotatable bonds is 15. The van der Waals surface area contributed by atoms with Gasteiger partial charge in [-0.25, -0.2) is 4.39 Å². The molecule has 0 bridgehead atoms. The van der Waals surface area contributed by atoms with E-state index in [1.165, 1.54) is 23.9 Å². The Morgan fingerprint density at radius 2 is 1.49 bits per heavy atom. The monoisotopic (exact) mass is 782 g/mol. The number of benzene rings is 3. The topological polar surface area (TPSA) is 131 Å². The summed E-state index contributed by atoms with van der Waals surface area (Å²) in [4.78, 5) is 35.9. The van der Waals surface area contributed by atoms with Crippen molar-refractivity contribution in [2.45, 2.75) is 44.3 Å². The van der Waals surface area contributed by atoms with E-state index >= 15 is 0 Å². The fourth-order valence-corrected chi connectivity index (χ4v) is 6.43. The van der Waals surface area contributed by atoms with E-state index < -0.39 is 10.1 Å². The minimum absolute atomic E-state index is 0.0141. The van der Waals surface area contributed by atoms with Crippen molar-refractivity contribution in [1.29, 1.82) is 0 Å². The predicted molar refractivity (Wildman–Crippen MR) is 208 cm³/mol. The zero-order valence-electron chi connectivity index (χ0n) is 30.2. The van der Waals surface area contributed by atoms with Gasteiger partial charge in [0.25, 0.3) is 15.7 Å². The number of likely N-dealkylation sites (N-methyl/N-ethyl adjacent to an activating group) is 1. The summed E-state index contributed by atoms with van der Waals surface area (Å²) in [6.45, 7) is 7.75. The molecule has 0 aliphatic rings. The number of aryl methyl sites for hydroxylation is 1. The maximum absolute atomic E-state index is 14.2. The molecule has 0 aliphatic heterocycles. The molecule has 0 atom stereocenters. The first-order valence-electron chi connectivity index (χ1n) is 16.9. The lowest BCUT2D eigenvalue weighted by molar-refractivity contribution is -0.132. The minimum Gasteiger partial charge on any atom is -0.336 e. The molecule has 0 saturated heterocycles. The first kappa shape index (κ1) is 41.4. The van der Waals surface area contributed by atoms with Crippen LogP contribution in [0.5, 0.6) is 0 Å². The smallest absolute Gasteiger partial charge is 0.277 e. The second-order valence-corrected chi connectivity index (χ2v) is 15.2. The van der Waals surface area contributed by atoms with Gasteiger partial charge in [0, 0.05) is 61.8 Å². The van der Waals surface area contributed by atoms with Gasteiger partial charge in [-0.2, -0.15) is 18.5 Å². The van der Waals surface area contributed by atoms with Crippen molar-refractivity contribution in [2.24, 2.45) is 7.05 Å². The van der Waals surface area contributed by atoms with Crippen molar-refractivity contribution in [2.75, 3.05) is 32.4 Å². The lowest BCUT2D eigenvalue weighted by Crippen LogP contribution is -2.40. The van der Waals surface area contributed by atoms with Crippen molar-refractivity contribution in [3.05, 3.63) is 135 Å². The number of thioether (sulfide) groups is 1. The number of nitrogens with zero attached hydrogens (tertiary/aromatic N) is 6. The molecular formula is C38H44ClFN6O5S2. The quantitative estimate of drug-likeness (QED) is 0.0751. The van der Waals surface area contributed by atoms with Crippen molar-refractivity contribution >= 4 is 39.4 Å². The zero-order valence-corrected chi connectivity index (χ0v) is 32.5. The highest BCUT2D eigenvalue weighted by molar-refractivity contribution is 7.98. The van der Waals surface area contributed by atoms with Crippen molar-refractivity contribution in [3.63, 3.8) is 0 Å². The van der Waals surface area contributed by atoms with Crippen LogP contribution >= 0.6 is 23.4 Å². The molecule has 53 heavy (non-hydrogen) atoms. The van der Waals surface area contributed by atoms with Crippen LogP contribution in [0.4, 0.5) is 4.39 Å². The van der Waals surface area contributed by atoms with Gasteiger partial charge in [-0.3, -0.25) is 18.8 Å². The van der Waals surface area contributed by atoms with Gasteiger partial charge in [0.15, 0.2) is 5.16 Å². The summed E-state index contributed by atoms with van der Waals surface area (Å²) in [5.74, 6) is 0.0769. The molecule has 15 heteroatoms. The summed E-state index contributed by atoms with van der Waals surface area (Å²) in [7, 11) is -1.84. The molecule has 0 aliphatic carbocycles. The van der Waals surface area contributed by atoms with Crippen LogP contribution in [0.3, 0.4) is 0 Å². The molecule has 1 amide bonds. The Morgan fingerprint density at radius 1 is 0.906 bits per heavy atom. The first-order chi connectivity index (χ1) is 25.2. The lowest BCUT2D eigenvalue weighted by atomic mass is 10.0. The van der Waals surface area contributed by atoms with Gasteiger partial charge in [0.05, 0.1) is 12.5 Å². The van der Waals surface area contributed by atoms with Crippen LogP contribution in [0.2, 0.25) is 5.02 Å². The molecule has 3 aromatic carbocycles. The molecule has 0 unspecified atom stereocenters. The highest BCUT2D eigenvalue weighted by Gasteiger charge is 2.19. The fraction of sp³-hybridized carbons (Fsp3) is 0.316. The molecule has 5 rings (SSSR count). The summed E-state index contributed by atoms with van der Waals surface area (Å²) >= 11 is 7.43. The van der Waals surface area contributed by atoms with Crippen molar-refractivity contribution in [1.82, 2.24) is 29.1 Å². The highest BCUT2D eigenvalue weighted by atomic mass is 35.5. The van der Waals surface area contributed by atoms with E-state index in [-0.39, 0.29) is 23.8 Å². The first-order valence-corrected chi connectivity index (χ1v) is 20.1. The van der Waals surface area contributed by atoms with Crippen LogP contribution in [0, 0.1) is 5.82 Å². The third-order valence-corrected chi connectivity index (χ3v) is 9.52. The normalized spacial score (nSPS) is 11.3. The Bertz CT molecular complexity index is 2100. The summed E-state index contributed by atoms with van der Waals surface area (Å²) in [6.07, 6.45) is 6.39. The average Bonchev–Trinajstić information content (AvgIpc) is 3.53. The van der Waals surface area contributed by atoms with Crippen LogP contribution in [-0.4, -0.2) is 80.4 Å². The van der Waals surface area contributed by atoms with E-state index in [0.717, 1.165) is 47.5 Å². The molecule has 0 fully saturated rings. The van der Waals surface area contributed by atoms with Gasteiger partial charge >= 0.3 is 0 Å². The summed E-state index contributed by atoms with van der Waals surface area (Å²) in [6, 6.07) is 22.2. The Balaban J connectivity index is 0.00000117.